The number of rotatable bonds is 3. The van der Waals surface area contributed by atoms with Gasteiger partial charge in [-0.25, -0.2) is 18.4 Å². The summed E-state index contributed by atoms with van der Waals surface area (Å²) in [6.45, 7) is 1.96. The number of sulfone groups is 1. The van der Waals surface area contributed by atoms with Gasteiger partial charge in [-0.1, -0.05) is 6.07 Å². The van der Waals surface area contributed by atoms with Gasteiger partial charge in [-0.05, 0) is 50.6 Å². The Hall–Kier alpha value is -1.99. The maximum Gasteiger partial charge on any atom is 0.241 e. The highest BCUT2D eigenvalue weighted by Crippen LogP contribution is 2.30. The van der Waals surface area contributed by atoms with Crippen LogP contribution < -0.4 is 4.90 Å². The fraction of sp³-hybridized carbons (Fsp3) is 0.444. The highest BCUT2D eigenvalue weighted by atomic mass is 32.2. The van der Waals surface area contributed by atoms with Gasteiger partial charge in [0, 0.05) is 31.4 Å². The third-order valence-electron chi connectivity index (χ3n) is 5.42. The summed E-state index contributed by atoms with van der Waals surface area (Å²) in [5, 5.41) is 0.0763. The van der Waals surface area contributed by atoms with Crippen molar-refractivity contribution in [3.63, 3.8) is 0 Å². The van der Waals surface area contributed by atoms with Gasteiger partial charge in [0.1, 0.15) is 0 Å². The third-order valence-corrected chi connectivity index (χ3v) is 7.01. The largest absolute Gasteiger partial charge is 0.369 e. The number of aromatic nitrogens is 2. The molecule has 2 aliphatic rings. The molecule has 0 aliphatic carbocycles. The topological polar surface area (TPSA) is 66.4 Å². The second-order valence-corrected chi connectivity index (χ2v) is 8.65. The average Bonchev–Trinajstić information content (AvgIpc) is 2.88. The summed E-state index contributed by atoms with van der Waals surface area (Å²) in [6, 6.07) is 9.55. The maximum absolute atomic E-state index is 12.6. The molecule has 132 valence electrons. The fourth-order valence-corrected chi connectivity index (χ4v) is 4.99. The number of anilines is 1. The fourth-order valence-electron chi connectivity index (χ4n) is 3.87. The summed E-state index contributed by atoms with van der Waals surface area (Å²) in [4.78, 5) is 13.0. The molecule has 7 heteroatoms. The Labute approximate surface area is 148 Å². The minimum Gasteiger partial charge on any atom is -0.369 e. The molecule has 2 aromatic rings. The number of pyridine rings is 2. The lowest BCUT2D eigenvalue weighted by Crippen LogP contribution is -2.36. The van der Waals surface area contributed by atoms with E-state index in [4.69, 9.17) is 0 Å². The third kappa shape index (κ3) is 3.02. The van der Waals surface area contributed by atoms with Crippen molar-refractivity contribution in [1.82, 2.24) is 14.9 Å². The molecule has 4 rings (SSSR count). The smallest absolute Gasteiger partial charge is 0.241 e. The molecule has 2 bridgehead atoms. The van der Waals surface area contributed by atoms with Gasteiger partial charge < -0.3 is 4.90 Å². The minimum absolute atomic E-state index is 0.0314. The van der Waals surface area contributed by atoms with Crippen molar-refractivity contribution >= 4 is 15.5 Å². The summed E-state index contributed by atoms with van der Waals surface area (Å²) in [5.74, 6) is 0. The van der Waals surface area contributed by atoms with Gasteiger partial charge in [0.15, 0.2) is 10.1 Å². The quantitative estimate of drug-likeness (QED) is 0.836. The Morgan fingerprint density at radius 2 is 1.80 bits per heavy atom. The SMILES string of the molecule is CN1C2CCC1CN(c1ccc(S(=O)(=O)c3ccccn3)nc1)CC2. The molecule has 2 aliphatic heterocycles. The predicted molar refractivity (Wildman–Crippen MR) is 95.3 cm³/mol. The van der Waals surface area contributed by atoms with Crippen LogP contribution in [0.15, 0.2) is 52.8 Å². The van der Waals surface area contributed by atoms with E-state index in [2.05, 4.69) is 26.8 Å². The van der Waals surface area contributed by atoms with E-state index in [0.717, 1.165) is 25.2 Å². The Bertz CT molecular complexity index is 839. The van der Waals surface area contributed by atoms with Crippen LogP contribution in [0, 0.1) is 0 Å². The van der Waals surface area contributed by atoms with Crippen LogP contribution in [0.1, 0.15) is 19.3 Å². The average molecular weight is 358 g/mol. The zero-order chi connectivity index (χ0) is 17.4. The Morgan fingerprint density at radius 1 is 1.00 bits per heavy atom. The van der Waals surface area contributed by atoms with Crippen LogP contribution >= 0.6 is 0 Å². The molecule has 0 spiro atoms. The lowest BCUT2D eigenvalue weighted by atomic mass is 10.1. The first-order valence-electron chi connectivity index (χ1n) is 8.65. The molecule has 2 aromatic heterocycles. The van der Waals surface area contributed by atoms with E-state index in [1.807, 2.05) is 6.07 Å². The number of likely N-dealkylation sites (N-methyl/N-ethyl adjacent to an activating group) is 1. The van der Waals surface area contributed by atoms with Crippen molar-refractivity contribution in [3.05, 3.63) is 42.7 Å². The Kier molecular flexibility index (Phi) is 4.21. The standard InChI is InChI=1S/C18H22N4O2S/c1-21-14-5-6-16(21)13-22(11-9-14)15-7-8-18(20-12-15)25(23,24)17-4-2-3-10-19-17/h2-4,7-8,10,12,14,16H,5-6,9,11,13H2,1H3. The highest BCUT2D eigenvalue weighted by Gasteiger charge is 2.34. The monoisotopic (exact) mass is 358 g/mol. The highest BCUT2D eigenvalue weighted by molar-refractivity contribution is 7.91. The minimum atomic E-state index is -3.66. The van der Waals surface area contributed by atoms with Gasteiger partial charge in [-0.3, -0.25) is 4.90 Å². The first-order valence-corrected chi connectivity index (χ1v) is 10.1. The van der Waals surface area contributed by atoms with Gasteiger partial charge in [-0.15, -0.1) is 0 Å². The van der Waals surface area contributed by atoms with Crippen LogP contribution in [0.2, 0.25) is 0 Å². The molecule has 6 nitrogen and oxygen atoms in total. The first kappa shape index (κ1) is 16.5. The predicted octanol–water partition coefficient (Wildman–Crippen LogP) is 1.98. The lowest BCUT2D eigenvalue weighted by molar-refractivity contribution is 0.254. The molecule has 0 saturated carbocycles. The van der Waals surface area contributed by atoms with Crippen molar-refractivity contribution in [3.8, 4) is 0 Å². The number of hydrogen-bond donors (Lipinski definition) is 0. The van der Waals surface area contributed by atoms with Gasteiger partial charge in [0.25, 0.3) is 0 Å². The summed E-state index contributed by atoms with van der Waals surface area (Å²) in [7, 11) is -1.44. The first-order chi connectivity index (χ1) is 12.1. The van der Waals surface area contributed by atoms with Crippen molar-refractivity contribution in [2.45, 2.75) is 41.4 Å². The van der Waals surface area contributed by atoms with E-state index in [1.54, 1.807) is 24.4 Å². The van der Waals surface area contributed by atoms with Crippen LogP contribution in [-0.2, 0) is 9.84 Å². The molecular weight excluding hydrogens is 336 g/mol. The molecule has 2 saturated heterocycles. The Morgan fingerprint density at radius 3 is 2.52 bits per heavy atom. The van der Waals surface area contributed by atoms with Crippen LogP contribution in [0.4, 0.5) is 5.69 Å². The zero-order valence-corrected chi connectivity index (χ0v) is 15.1. The van der Waals surface area contributed by atoms with E-state index >= 15 is 0 Å². The van der Waals surface area contributed by atoms with E-state index in [-0.39, 0.29) is 10.1 Å². The van der Waals surface area contributed by atoms with Crippen molar-refractivity contribution in [1.29, 1.82) is 0 Å². The van der Waals surface area contributed by atoms with Gasteiger partial charge >= 0.3 is 0 Å². The van der Waals surface area contributed by atoms with Crippen molar-refractivity contribution < 1.29 is 8.42 Å². The molecule has 2 atom stereocenters. The second-order valence-electron chi connectivity index (χ2n) is 6.81. The molecule has 2 unspecified atom stereocenters. The van der Waals surface area contributed by atoms with Crippen LogP contribution in [0.5, 0.6) is 0 Å². The molecule has 0 radical (unpaired) electrons. The summed E-state index contributed by atoms with van der Waals surface area (Å²) < 4.78 is 25.2. The number of nitrogens with zero attached hydrogens (tertiary/aromatic N) is 4. The molecule has 4 heterocycles. The maximum atomic E-state index is 12.6. The van der Waals surface area contributed by atoms with E-state index in [0.29, 0.717) is 12.1 Å². The second kappa shape index (κ2) is 6.38. The molecule has 0 amide bonds. The van der Waals surface area contributed by atoms with Crippen molar-refractivity contribution in [2.24, 2.45) is 0 Å². The van der Waals surface area contributed by atoms with Gasteiger partial charge in [0.2, 0.25) is 9.84 Å². The molecular formula is C18H22N4O2S. The van der Waals surface area contributed by atoms with Crippen molar-refractivity contribution in [2.75, 3.05) is 25.0 Å². The van der Waals surface area contributed by atoms with E-state index < -0.39 is 9.84 Å². The van der Waals surface area contributed by atoms with Crippen LogP contribution in [-0.4, -0.2) is 55.5 Å². The normalized spacial score (nSPS) is 24.3. The van der Waals surface area contributed by atoms with Crippen LogP contribution in [0.25, 0.3) is 0 Å². The summed E-state index contributed by atoms with van der Waals surface area (Å²) >= 11 is 0. The van der Waals surface area contributed by atoms with E-state index in [1.165, 1.54) is 25.1 Å². The Balaban J connectivity index is 1.56. The summed E-state index contributed by atoms with van der Waals surface area (Å²) in [6.07, 6.45) is 6.81. The summed E-state index contributed by atoms with van der Waals surface area (Å²) in [5.41, 5.74) is 0.987. The van der Waals surface area contributed by atoms with Crippen LogP contribution in [0.3, 0.4) is 0 Å². The number of fused-ring (bicyclic) bond motifs is 2. The van der Waals surface area contributed by atoms with Gasteiger partial charge in [0.05, 0.1) is 11.9 Å². The molecule has 2 fully saturated rings. The molecule has 0 aromatic carbocycles. The number of hydrogen-bond acceptors (Lipinski definition) is 6. The molecule has 0 N–H and O–H groups in total. The zero-order valence-electron chi connectivity index (χ0n) is 14.2. The lowest BCUT2D eigenvalue weighted by Gasteiger charge is -2.27. The van der Waals surface area contributed by atoms with E-state index in [9.17, 15) is 8.42 Å². The van der Waals surface area contributed by atoms with Gasteiger partial charge in [-0.2, -0.15) is 0 Å². The molecule has 25 heavy (non-hydrogen) atoms.